The number of benzene rings is 2. The van der Waals surface area contributed by atoms with E-state index in [1.54, 1.807) is 12.1 Å². The molecule has 3 aromatic rings. The number of nitro benzene ring substituents is 1. The Morgan fingerprint density at radius 1 is 1.24 bits per heavy atom. The van der Waals surface area contributed by atoms with Crippen LogP contribution in [0.5, 0.6) is 0 Å². The van der Waals surface area contributed by atoms with E-state index in [4.69, 9.17) is 0 Å². The number of fused-ring (bicyclic) bond motifs is 1. The van der Waals surface area contributed by atoms with Gasteiger partial charge in [-0.15, -0.1) is 0 Å². The van der Waals surface area contributed by atoms with E-state index in [0.717, 1.165) is 11.7 Å². The molecule has 0 saturated carbocycles. The molecule has 4 rings (SSSR count). The van der Waals surface area contributed by atoms with Crippen LogP contribution in [0.4, 0.5) is 10.5 Å². The van der Waals surface area contributed by atoms with Gasteiger partial charge in [-0.05, 0) is 37.6 Å². The molecule has 37 heavy (non-hydrogen) atoms. The molecule has 0 radical (unpaired) electrons. The van der Waals surface area contributed by atoms with Gasteiger partial charge in [0.2, 0.25) is 0 Å². The van der Waals surface area contributed by atoms with Crippen molar-refractivity contribution in [2.45, 2.75) is 24.3 Å². The summed E-state index contributed by atoms with van der Waals surface area (Å²) >= 11 is 0.922. The molecule has 2 N–H and O–H groups in total. The lowest BCUT2D eigenvalue weighted by atomic mass is 9.86. The third kappa shape index (κ3) is 5.47. The number of carbonyl (C=O) groups is 2. The lowest BCUT2D eigenvalue weighted by Gasteiger charge is -2.37. The molecule has 1 aromatic heterocycles. The van der Waals surface area contributed by atoms with Crippen molar-refractivity contribution in [1.82, 2.24) is 19.0 Å². The van der Waals surface area contributed by atoms with Crippen LogP contribution >= 0.6 is 11.7 Å². The Bertz CT molecular complexity index is 1500. The minimum absolute atomic E-state index is 0.0470. The molecule has 13 nitrogen and oxygen atoms in total. The second-order valence-corrected chi connectivity index (χ2v) is 10.8. The number of nitrogens with zero attached hydrogens (tertiary/aromatic N) is 5. The number of hydrogen-bond donors (Lipinski definition) is 2. The molecule has 1 aliphatic heterocycles. The van der Waals surface area contributed by atoms with E-state index in [9.17, 15) is 33.2 Å². The van der Waals surface area contributed by atoms with Gasteiger partial charge in [-0.2, -0.15) is 8.75 Å². The highest BCUT2D eigenvalue weighted by Gasteiger charge is 2.42. The van der Waals surface area contributed by atoms with Crippen LogP contribution in [0.25, 0.3) is 11.0 Å². The van der Waals surface area contributed by atoms with Gasteiger partial charge in [0.25, 0.3) is 5.69 Å². The summed E-state index contributed by atoms with van der Waals surface area (Å²) in [5, 5.41) is 24.0. The normalized spacial score (nSPS) is 18.1. The number of aliphatic imine (C=N–C) groups is 1. The smallest absolute Gasteiger partial charge is 0.344 e. The van der Waals surface area contributed by atoms with Crippen molar-refractivity contribution < 1.29 is 28.0 Å². The van der Waals surface area contributed by atoms with E-state index in [2.05, 4.69) is 19.1 Å². The number of carbonyl (C=O) groups excluding carboxylic acids is 1. The van der Waals surface area contributed by atoms with Gasteiger partial charge < -0.3 is 15.3 Å². The number of aliphatic carboxylic acids is 1. The van der Waals surface area contributed by atoms with E-state index in [1.165, 1.54) is 42.2 Å². The Morgan fingerprint density at radius 2 is 2.00 bits per heavy atom. The molecule has 2 atom stereocenters. The van der Waals surface area contributed by atoms with Crippen molar-refractivity contribution in [3.63, 3.8) is 0 Å². The minimum atomic E-state index is -3.72. The van der Waals surface area contributed by atoms with E-state index >= 15 is 0 Å². The van der Waals surface area contributed by atoms with Gasteiger partial charge in [-0.25, -0.2) is 18.2 Å². The molecule has 0 saturated heterocycles. The summed E-state index contributed by atoms with van der Waals surface area (Å²) in [4.78, 5) is 40.7. The van der Waals surface area contributed by atoms with Gasteiger partial charge in [0.05, 0.1) is 27.6 Å². The molecule has 0 bridgehead atoms. The van der Waals surface area contributed by atoms with Gasteiger partial charge in [0.15, 0.2) is 9.84 Å². The zero-order valence-corrected chi connectivity index (χ0v) is 21.1. The monoisotopic (exact) mass is 546 g/mol. The predicted molar refractivity (Wildman–Crippen MR) is 134 cm³/mol. The quantitative estimate of drug-likeness (QED) is 0.217. The van der Waals surface area contributed by atoms with Crippen LogP contribution in [-0.4, -0.2) is 68.8 Å². The molecule has 1 aliphatic rings. The second-order valence-electron chi connectivity index (χ2n) is 8.34. The fraction of sp³-hybridized carbons (Fsp3) is 0.318. The third-order valence-corrected chi connectivity index (χ3v) is 8.06. The maximum absolute atomic E-state index is 12.8. The number of sulfone groups is 1. The number of nitro groups is 1. The SMILES string of the molecule is CC1=NC(=O)N(CCCNCS(=O)(=O)c2cccc3nsnc23)C(c2cccc([N+](=O)[O-])c2)C1C(=O)O. The lowest BCUT2D eigenvalue weighted by Crippen LogP contribution is -2.47. The standard InChI is InChI=1S/C22H22N6O7S2/c1-13-18(21(29)30)20(14-5-2-6-15(11-14)28(32)33)27(22(31)24-13)10-4-9-23-12-37(34,35)17-8-3-7-16-19(17)26-36-25-16/h2-3,5-8,11,18,20,23H,4,9-10,12H2,1H3,(H,29,30). The molecule has 194 valence electrons. The second kappa shape index (κ2) is 10.7. The van der Waals surface area contributed by atoms with Crippen molar-refractivity contribution in [1.29, 1.82) is 0 Å². The van der Waals surface area contributed by atoms with Crippen LogP contribution in [0.15, 0.2) is 52.4 Å². The molecule has 2 unspecified atom stereocenters. The van der Waals surface area contributed by atoms with Crippen molar-refractivity contribution >= 4 is 56.0 Å². The summed E-state index contributed by atoms with van der Waals surface area (Å²) < 4.78 is 33.7. The average molecular weight is 547 g/mol. The number of hydrogen-bond acceptors (Lipinski definition) is 10. The number of carboxylic acid groups (broad SMARTS) is 1. The van der Waals surface area contributed by atoms with Crippen LogP contribution in [0.2, 0.25) is 0 Å². The summed E-state index contributed by atoms with van der Waals surface area (Å²) in [5.41, 5.74) is 0.961. The zero-order chi connectivity index (χ0) is 26.7. The fourth-order valence-electron chi connectivity index (χ4n) is 4.25. The molecule has 2 amide bonds. The Labute approximate surface area is 215 Å². The maximum Gasteiger partial charge on any atom is 0.344 e. The highest BCUT2D eigenvalue weighted by Crippen LogP contribution is 2.35. The molecule has 0 aliphatic carbocycles. The summed E-state index contributed by atoms with van der Waals surface area (Å²) in [6.45, 7) is 1.67. The fourth-order valence-corrected chi connectivity index (χ4v) is 6.15. The van der Waals surface area contributed by atoms with Crippen LogP contribution in [0.3, 0.4) is 0 Å². The molecule has 0 fully saturated rings. The van der Waals surface area contributed by atoms with E-state index in [1.807, 2.05) is 0 Å². The van der Waals surface area contributed by atoms with Gasteiger partial charge in [-0.3, -0.25) is 14.9 Å². The number of amides is 2. The number of non-ortho nitro benzene ring substituents is 1. The topological polar surface area (TPSA) is 185 Å². The summed E-state index contributed by atoms with van der Waals surface area (Å²) in [7, 11) is -3.72. The molecule has 0 spiro atoms. The highest BCUT2D eigenvalue weighted by atomic mass is 32.2. The first-order valence-electron chi connectivity index (χ1n) is 11.1. The minimum Gasteiger partial charge on any atom is -0.481 e. The highest BCUT2D eigenvalue weighted by molar-refractivity contribution is 7.91. The number of aromatic nitrogens is 2. The largest absolute Gasteiger partial charge is 0.481 e. The Kier molecular flexibility index (Phi) is 7.56. The van der Waals surface area contributed by atoms with Crippen LogP contribution in [-0.2, 0) is 14.6 Å². The Hall–Kier alpha value is -3.82. The number of carboxylic acids is 1. The maximum atomic E-state index is 12.8. The van der Waals surface area contributed by atoms with Crippen molar-refractivity contribution in [3.8, 4) is 0 Å². The average Bonchev–Trinajstić information content (AvgIpc) is 3.33. The number of urea groups is 1. The van der Waals surface area contributed by atoms with Crippen LogP contribution in [0, 0.1) is 16.0 Å². The first-order valence-corrected chi connectivity index (χ1v) is 13.5. The van der Waals surface area contributed by atoms with Crippen molar-refractivity contribution in [2.24, 2.45) is 10.9 Å². The number of nitrogens with one attached hydrogen (secondary N) is 1. The Morgan fingerprint density at radius 3 is 2.73 bits per heavy atom. The summed E-state index contributed by atoms with van der Waals surface area (Å²) in [6.07, 6.45) is 0.274. The van der Waals surface area contributed by atoms with Gasteiger partial charge in [0, 0.05) is 24.4 Å². The molecule has 2 aromatic carbocycles. The molecule has 15 heteroatoms. The zero-order valence-electron chi connectivity index (χ0n) is 19.5. The first kappa shape index (κ1) is 26.2. The Balaban J connectivity index is 1.47. The van der Waals surface area contributed by atoms with E-state index < -0.39 is 38.7 Å². The third-order valence-electron chi connectivity index (χ3n) is 5.94. The van der Waals surface area contributed by atoms with Crippen LogP contribution in [0.1, 0.15) is 24.9 Å². The molecule has 2 heterocycles. The van der Waals surface area contributed by atoms with E-state index in [-0.39, 0.29) is 41.7 Å². The summed E-state index contributed by atoms with van der Waals surface area (Å²) in [5.74, 6) is -2.79. The van der Waals surface area contributed by atoms with Gasteiger partial charge in [-0.1, -0.05) is 18.2 Å². The van der Waals surface area contributed by atoms with E-state index in [0.29, 0.717) is 16.6 Å². The van der Waals surface area contributed by atoms with Crippen molar-refractivity contribution in [2.75, 3.05) is 19.0 Å². The summed E-state index contributed by atoms with van der Waals surface area (Å²) in [6, 6.07) is 8.54. The molecular formula is C22H22N6O7S2. The predicted octanol–water partition coefficient (Wildman–Crippen LogP) is 2.65. The molecular weight excluding hydrogens is 524 g/mol. The van der Waals surface area contributed by atoms with Crippen molar-refractivity contribution in [3.05, 3.63) is 58.1 Å². The number of rotatable bonds is 10. The van der Waals surface area contributed by atoms with Gasteiger partial charge in [0.1, 0.15) is 22.8 Å². The van der Waals surface area contributed by atoms with Crippen LogP contribution < -0.4 is 5.32 Å². The lowest BCUT2D eigenvalue weighted by molar-refractivity contribution is -0.385. The first-order chi connectivity index (χ1) is 17.6. The van der Waals surface area contributed by atoms with Gasteiger partial charge >= 0.3 is 12.0 Å².